The molecule has 0 saturated carbocycles. The summed E-state index contributed by atoms with van der Waals surface area (Å²) in [4.78, 5) is 17.1. The van der Waals surface area contributed by atoms with Gasteiger partial charge in [-0.3, -0.25) is 14.9 Å². The zero-order chi connectivity index (χ0) is 20.4. The minimum absolute atomic E-state index is 0.246. The van der Waals surface area contributed by atoms with Crippen LogP contribution in [0.3, 0.4) is 0 Å². The minimum atomic E-state index is -0.266. The van der Waals surface area contributed by atoms with Gasteiger partial charge >= 0.3 is 0 Å². The molecule has 4 aromatic rings. The van der Waals surface area contributed by atoms with Crippen molar-refractivity contribution in [1.82, 2.24) is 20.5 Å². The molecule has 1 amide bonds. The van der Waals surface area contributed by atoms with Gasteiger partial charge in [-0.05, 0) is 54.8 Å². The number of aromatic amines is 1. The Morgan fingerprint density at radius 1 is 1.10 bits per heavy atom. The van der Waals surface area contributed by atoms with Crippen LogP contribution in [0, 0.1) is 13.8 Å². The summed E-state index contributed by atoms with van der Waals surface area (Å²) in [6, 6.07) is 17.5. The highest BCUT2D eigenvalue weighted by Gasteiger charge is 2.16. The first-order valence-electron chi connectivity index (χ1n) is 9.54. The van der Waals surface area contributed by atoms with Crippen molar-refractivity contribution >= 4 is 16.8 Å². The number of aromatic nitrogens is 3. The topological polar surface area (TPSA) is 96.7 Å². The number of nitrogens with two attached hydrogens (primary N) is 1. The maximum absolute atomic E-state index is 12.8. The Bertz CT molecular complexity index is 1180. The van der Waals surface area contributed by atoms with Gasteiger partial charge in [-0.2, -0.15) is 5.10 Å². The first kappa shape index (κ1) is 18.8. The molecule has 2 aromatic heterocycles. The fraction of sp³-hybridized carbons (Fsp3) is 0.174. The van der Waals surface area contributed by atoms with Crippen molar-refractivity contribution in [2.24, 2.45) is 5.73 Å². The number of pyridine rings is 1. The van der Waals surface area contributed by atoms with Crippen molar-refractivity contribution in [3.05, 3.63) is 83.3 Å². The average Bonchev–Trinajstić information content (AvgIpc) is 3.12. The van der Waals surface area contributed by atoms with Crippen molar-refractivity contribution in [2.75, 3.05) is 6.54 Å². The molecule has 1 unspecified atom stereocenters. The third-order valence-corrected chi connectivity index (χ3v) is 5.06. The molecule has 0 saturated heterocycles. The van der Waals surface area contributed by atoms with Crippen LogP contribution < -0.4 is 11.1 Å². The van der Waals surface area contributed by atoms with E-state index in [0.29, 0.717) is 12.2 Å². The summed E-state index contributed by atoms with van der Waals surface area (Å²) >= 11 is 0. The van der Waals surface area contributed by atoms with Gasteiger partial charge < -0.3 is 11.1 Å². The Morgan fingerprint density at radius 2 is 1.93 bits per heavy atom. The molecule has 0 spiro atoms. The van der Waals surface area contributed by atoms with Gasteiger partial charge in [-0.25, -0.2) is 0 Å². The maximum atomic E-state index is 12.8. The van der Waals surface area contributed by atoms with Gasteiger partial charge in [0.1, 0.15) is 5.69 Å². The van der Waals surface area contributed by atoms with E-state index < -0.39 is 0 Å². The van der Waals surface area contributed by atoms with Gasteiger partial charge in [-0.1, -0.05) is 35.9 Å². The Kier molecular flexibility index (Phi) is 5.10. The van der Waals surface area contributed by atoms with Crippen LogP contribution in [0.5, 0.6) is 0 Å². The molecule has 0 fully saturated rings. The monoisotopic (exact) mass is 385 g/mol. The second kappa shape index (κ2) is 7.85. The largest absolute Gasteiger partial charge is 0.343 e. The molecule has 4 rings (SSSR count). The van der Waals surface area contributed by atoms with Crippen LogP contribution in [0.25, 0.3) is 22.0 Å². The van der Waals surface area contributed by atoms with E-state index in [9.17, 15) is 4.79 Å². The summed E-state index contributed by atoms with van der Waals surface area (Å²) in [6.45, 7) is 4.29. The number of hydrogen-bond donors (Lipinski definition) is 3. The zero-order valence-electron chi connectivity index (χ0n) is 16.4. The van der Waals surface area contributed by atoms with Crippen LogP contribution in [-0.4, -0.2) is 27.6 Å². The van der Waals surface area contributed by atoms with Gasteiger partial charge in [0.25, 0.3) is 5.91 Å². The normalized spacial score (nSPS) is 12.1. The second-order valence-electron chi connectivity index (χ2n) is 7.18. The van der Waals surface area contributed by atoms with Crippen molar-refractivity contribution in [1.29, 1.82) is 0 Å². The lowest BCUT2D eigenvalue weighted by Crippen LogP contribution is -2.33. The van der Waals surface area contributed by atoms with Gasteiger partial charge in [0.15, 0.2) is 0 Å². The first-order chi connectivity index (χ1) is 14.0. The number of carbonyl (C=O) groups excluding carboxylic acids is 1. The third-order valence-electron chi connectivity index (χ3n) is 5.06. The molecule has 146 valence electrons. The van der Waals surface area contributed by atoms with Crippen LogP contribution in [0.1, 0.15) is 33.4 Å². The molecule has 0 bridgehead atoms. The van der Waals surface area contributed by atoms with E-state index >= 15 is 0 Å². The number of nitrogens with zero attached hydrogens (tertiary/aromatic N) is 2. The van der Waals surface area contributed by atoms with Crippen LogP contribution in [0.2, 0.25) is 0 Å². The van der Waals surface area contributed by atoms with Gasteiger partial charge in [-0.15, -0.1) is 0 Å². The lowest BCUT2D eigenvalue weighted by atomic mass is 10.0. The van der Waals surface area contributed by atoms with Crippen molar-refractivity contribution < 1.29 is 4.79 Å². The highest BCUT2D eigenvalue weighted by Crippen LogP contribution is 2.25. The predicted molar refractivity (Wildman–Crippen MR) is 115 cm³/mol. The van der Waals surface area contributed by atoms with Gasteiger partial charge in [0.2, 0.25) is 0 Å². The summed E-state index contributed by atoms with van der Waals surface area (Å²) in [7, 11) is 0. The van der Waals surface area contributed by atoms with E-state index in [-0.39, 0.29) is 11.9 Å². The average molecular weight is 385 g/mol. The standard InChI is InChI=1S/C23H23N5O/c1-14-4-3-5-18(10-14)22(13-24)26-23(29)21-12-17(8-9-25-21)16-6-7-20-19(11-16)15(2)27-28-20/h3-12,22H,13,24H2,1-2H3,(H,26,29)(H,27,28). The van der Waals surface area contributed by atoms with E-state index in [4.69, 9.17) is 5.73 Å². The van der Waals surface area contributed by atoms with Crippen molar-refractivity contribution in [2.45, 2.75) is 19.9 Å². The third kappa shape index (κ3) is 3.88. The Morgan fingerprint density at radius 3 is 2.72 bits per heavy atom. The summed E-state index contributed by atoms with van der Waals surface area (Å²) in [6.07, 6.45) is 1.65. The number of aryl methyl sites for hydroxylation is 2. The number of hydrogen-bond acceptors (Lipinski definition) is 4. The van der Waals surface area contributed by atoms with Gasteiger partial charge in [0.05, 0.1) is 17.3 Å². The molecule has 2 aromatic carbocycles. The molecule has 2 heterocycles. The highest BCUT2D eigenvalue weighted by atomic mass is 16.1. The quantitative estimate of drug-likeness (QED) is 0.488. The molecule has 29 heavy (non-hydrogen) atoms. The zero-order valence-corrected chi connectivity index (χ0v) is 16.4. The van der Waals surface area contributed by atoms with E-state index in [0.717, 1.165) is 38.9 Å². The maximum Gasteiger partial charge on any atom is 0.270 e. The number of amides is 1. The molecule has 6 heteroatoms. The number of fused-ring (bicyclic) bond motifs is 1. The molecular weight excluding hydrogens is 362 g/mol. The minimum Gasteiger partial charge on any atom is -0.343 e. The van der Waals surface area contributed by atoms with Crippen molar-refractivity contribution in [3.63, 3.8) is 0 Å². The molecule has 4 N–H and O–H groups in total. The fourth-order valence-electron chi connectivity index (χ4n) is 3.46. The molecular formula is C23H23N5O. The molecule has 0 radical (unpaired) electrons. The summed E-state index contributed by atoms with van der Waals surface area (Å²) < 4.78 is 0. The number of nitrogens with one attached hydrogen (secondary N) is 2. The highest BCUT2D eigenvalue weighted by molar-refractivity contribution is 5.94. The van der Waals surface area contributed by atoms with Crippen LogP contribution in [-0.2, 0) is 0 Å². The van der Waals surface area contributed by atoms with Crippen molar-refractivity contribution in [3.8, 4) is 11.1 Å². The number of H-pyrrole nitrogens is 1. The number of carbonyl (C=O) groups is 1. The number of rotatable bonds is 5. The Labute approximate surface area is 169 Å². The van der Waals surface area contributed by atoms with E-state index in [1.165, 1.54) is 0 Å². The Hall–Kier alpha value is -3.51. The molecule has 0 aliphatic rings. The Balaban J connectivity index is 1.60. The SMILES string of the molecule is Cc1cccc(C(CN)NC(=O)c2cc(-c3ccc4[nH]nc(C)c4c3)ccn2)c1. The van der Waals surface area contributed by atoms with Crippen LogP contribution in [0.4, 0.5) is 0 Å². The van der Waals surface area contributed by atoms with E-state index in [1.54, 1.807) is 12.3 Å². The van der Waals surface area contributed by atoms with Crippen LogP contribution >= 0.6 is 0 Å². The lowest BCUT2D eigenvalue weighted by molar-refractivity contribution is 0.0933. The lowest BCUT2D eigenvalue weighted by Gasteiger charge is -2.18. The fourth-order valence-corrected chi connectivity index (χ4v) is 3.46. The smallest absolute Gasteiger partial charge is 0.270 e. The molecule has 1 atom stereocenters. The van der Waals surface area contributed by atoms with Crippen LogP contribution in [0.15, 0.2) is 60.8 Å². The van der Waals surface area contributed by atoms with E-state index in [2.05, 4.69) is 26.6 Å². The summed E-state index contributed by atoms with van der Waals surface area (Å²) in [5.41, 5.74) is 12.2. The summed E-state index contributed by atoms with van der Waals surface area (Å²) in [5, 5.41) is 11.3. The van der Waals surface area contributed by atoms with Gasteiger partial charge in [0, 0.05) is 18.1 Å². The molecule has 6 nitrogen and oxygen atoms in total. The predicted octanol–water partition coefficient (Wildman–Crippen LogP) is 3.67. The molecule has 0 aliphatic carbocycles. The number of benzene rings is 2. The molecule has 0 aliphatic heterocycles. The second-order valence-corrected chi connectivity index (χ2v) is 7.18. The first-order valence-corrected chi connectivity index (χ1v) is 9.54. The van der Waals surface area contributed by atoms with E-state index in [1.807, 2.05) is 56.3 Å². The summed E-state index contributed by atoms with van der Waals surface area (Å²) in [5.74, 6) is -0.246.